The standard InChI is InChI=1S/C17H16F3N5OS/c1-21-16(23-8-14-25-13(10-27-14)17(18,19)20)22-7-12-9-26-15(24-12)11-5-3-2-4-6-11/h2-6,9-10H,7-8H2,1H3,(H2,21,22,23). The van der Waals surface area contributed by atoms with Crippen LogP contribution in [0.5, 0.6) is 0 Å². The number of benzene rings is 1. The molecule has 0 aliphatic heterocycles. The number of halogens is 3. The summed E-state index contributed by atoms with van der Waals surface area (Å²) in [5.74, 6) is 0.931. The third kappa shape index (κ3) is 5.07. The van der Waals surface area contributed by atoms with Crippen LogP contribution in [0.3, 0.4) is 0 Å². The molecule has 10 heteroatoms. The first-order valence-corrected chi connectivity index (χ1v) is 8.79. The molecule has 3 aromatic rings. The molecule has 0 spiro atoms. The Bertz CT molecular complexity index is 905. The Kier molecular flexibility index (Phi) is 5.75. The van der Waals surface area contributed by atoms with Crippen LogP contribution in [-0.2, 0) is 19.3 Å². The number of rotatable bonds is 5. The number of aliphatic imine (C=N–C) groups is 1. The minimum absolute atomic E-state index is 0.133. The van der Waals surface area contributed by atoms with Gasteiger partial charge in [0.05, 0.1) is 18.8 Å². The van der Waals surface area contributed by atoms with Crippen molar-refractivity contribution in [2.45, 2.75) is 19.3 Å². The average molecular weight is 395 g/mol. The smallest absolute Gasteiger partial charge is 0.434 e. The molecule has 27 heavy (non-hydrogen) atoms. The second-order valence-electron chi connectivity index (χ2n) is 5.41. The van der Waals surface area contributed by atoms with Crippen LogP contribution in [-0.4, -0.2) is 23.0 Å². The van der Waals surface area contributed by atoms with Crippen molar-refractivity contribution in [2.75, 3.05) is 7.05 Å². The molecule has 0 aliphatic carbocycles. The van der Waals surface area contributed by atoms with Crippen molar-refractivity contribution in [2.24, 2.45) is 4.99 Å². The zero-order valence-corrected chi connectivity index (χ0v) is 15.1. The first-order chi connectivity index (χ1) is 13.0. The molecule has 0 radical (unpaired) electrons. The van der Waals surface area contributed by atoms with Gasteiger partial charge in [0.1, 0.15) is 11.3 Å². The van der Waals surface area contributed by atoms with E-state index < -0.39 is 11.9 Å². The second kappa shape index (κ2) is 8.21. The van der Waals surface area contributed by atoms with Crippen LogP contribution >= 0.6 is 11.3 Å². The van der Waals surface area contributed by atoms with E-state index in [1.54, 1.807) is 13.3 Å². The zero-order chi connectivity index (χ0) is 19.3. The van der Waals surface area contributed by atoms with E-state index in [9.17, 15) is 13.2 Å². The quantitative estimate of drug-likeness (QED) is 0.509. The van der Waals surface area contributed by atoms with Crippen molar-refractivity contribution < 1.29 is 17.6 Å². The Labute approximate surface area is 157 Å². The molecule has 0 aliphatic rings. The maximum atomic E-state index is 12.6. The fraction of sp³-hybridized carbons (Fsp3) is 0.235. The predicted octanol–water partition coefficient (Wildman–Crippen LogP) is 3.68. The minimum Gasteiger partial charge on any atom is -0.444 e. The summed E-state index contributed by atoms with van der Waals surface area (Å²) in [6.45, 7) is 0.482. The van der Waals surface area contributed by atoms with Gasteiger partial charge in [0.15, 0.2) is 11.7 Å². The van der Waals surface area contributed by atoms with E-state index >= 15 is 0 Å². The Hall–Kier alpha value is -2.88. The summed E-state index contributed by atoms with van der Waals surface area (Å²) in [5, 5.41) is 7.26. The number of hydrogen-bond donors (Lipinski definition) is 2. The Morgan fingerprint density at radius 3 is 2.56 bits per heavy atom. The lowest BCUT2D eigenvalue weighted by molar-refractivity contribution is -0.140. The molecule has 6 nitrogen and oxygen atoms in total. The highest BCUT2D eigenvalue weighted by Gasteiger charge is 2.33. The summed E-state index contributed by atoms with van der Waals surface area (Å²) in [5.41, 5.74) is 0.657. The molecule has 3 rings (SSSR count). The third-order valence-corrected chi connectivity index (χ3v) is 4.33. The SMILES string of the molecule is CN=C(NCc1coc(-c2ccccc2)n1)NCc1nc(C(F)(F)F)cs1. The highest BCUT2D eigenvalue weighted by Crippen LogP contribution is 2.29. The zero-order valence-electron chi connectivity index (χ0n) is 14.2. The van der Waals surface area contributed by atoms with Gasteiger partial charge in [0.25, 0.3) is 0 Å². The third-order valence-electron chi connectivity index (χ3n) is 3.48. The van der Waals surface area contributed by atoms with Gasteiger partial charge in [-0.1, -0.05) is 18.2 Å². The molecule has 2 aromatic heterocycles. The van der Waals surface area contributed by atoms with Crippen LogP contribution in [0.4, 0.5) is 13.2 Å². The molecule has 0 saturated carbocycles. The molecule has 1 aromatic carbocycles. The normalized spacial score (nSPS) is 12.2. The van der Waals surface area contributed by atoms with E-state index in [-0.39, 0.29) is 6.54 Å². The van der Waals surface area contributed by atoms with Crippen LogP contribution in [0.2, 0.25) is 0 Å². The molecule has 2 N–H and O–H groups in total. The van der Waals surface area contributed by atoms with Crippen molar-refractivity contribution in [3.05, 3.63) is 58.4 Å². The number of nitrogens with one attached hydrogen (secondary N) is 2. The van der Waals surface area contributed by atoms with Gasteiger partial charge >= 0.3 is 6.18 Å². The van der Waals surface area contributed by atoms with Gasteiger partial charge < -0.3 is 15.1 Å². The van der Waals surface area contributed by atoms with E-state index in [1.807, 2.05) is 30.3 Å². The molecule has 0 bridgehead atoms. The highest BCUT2D eigenvalue weighted by atomic mass is 32.1. The fourth-order valence-electron chi connectivity index (χ4n) is 2.18. The molecular formula is C17H16F3N5OS. The molecule has 0 amide bonds. The molecule has 0 unspecified atom stereocenters. The van der Waals surface area contributed by atoms with Gasteiger partial charge in [-0.25, -0.2) is 9.97 Å². The first kappa shape index (κ1) is 18.9. The lowest BCUT2D eigenvalue weighted by Crippen LogP contribution is -2.36. The summed E-state index contributed by atoms with van der Waals surface area (Å²) < 4.78 is 43.2. The fourth-order valence-corrected chi connectivity index (χ4v) is 2.92. The predicted molar refractivity (Wildman–Crippen MR) is 96.1 cm³/mol. The Morgan fingerprint density at radius 2 is 1.89 bits per heavy atom. The second-order valence-corrected chi connectivity index (χ2v) is 6.36. The van der Waals surface area contributed by atoms with E-state index in [2.05, 4.69) is 25.6 Å². The van der Waals surface area contributed by atoms with Gasteiger partial charge in [-0.05, 0) is 12.1 Å². The topological polar surface area (TPSA) is 75.3 Å². The molecule has 142 valence electrons. The van der Waals surface area contributed by atoms with Crippen LogP contribution in [0.15, 0.2) is 51.4 Å². The number of alkyl halides is 3. The summed E-state index contributed by atoms with van der Waals surface area (Å²) in [6, 6.07) is 9.49. The van der Waals surface area contributed by atoms with E-state index in [4.69, 9.17) is 4.42 Å². The maximum absolute atomic E-state index is 12.6. The van der Waals surface area contributed by atoms with Crippen molar-refractivity contribution in [1.29, 1.82) is 0 Å². The summed E-state index contributed by atoms with van der Waals surface area (Å²) in [4.78, 5) is 12.0. The maximum Gasteiger partial charge on any atom is 0.434 e. The Morgan fingerprint density at radius 1 is 1.15 bits per heavy atom. The Balaban J connectivity index is 1.52. The number of thiazole rings is 1. The summed E-state index contributed by atoms with van der Waals surface area (Å²) >= 11 is 0.941. The van der Waals surface area contributed by atoms with Crippen molar-refractivity contribution in [3.63, 3.8) is 0 Å². The minimum atomic E-state index is -4.43. The van der Waals surface area contributed by atoms with Crippen LogP contribution in [0.1, 0.15) is 16.4 Å². The van der Waals surface area contributed by atoms with Gasteiger partial charge in [-0.3, -0.25) is 4.99 Å². The lowest BCUT2D eigenvalue weighted by Gasteiger charge is -2.09. The molecule has 2 heterocycles. The number of hydrogen-bond acceptors (Lipinski definition) is 5. The van der Waals surface area contributed by atoms with E-state index in [0.717, 1.165) is 22.3 Å². The van der Waals surface area contributed by atoms with Gasteiger partial charge in [0, 0.05) is 18.0 Å². The van der Waals surface area contributed by atoms with E-state index in [0.29, 0.717) is 29.1 Å². The first-order valence-electron chi connectivity index (χ1n) is 7.91. The summed E-state index contributed by atoms with van der Waals surface area (Å²) in [6.07, 6.45) is -2.89. The number of guanidine groups is 1. The number of nitrogens with zero attached hydrogens (tertiary/aromatic N) is 3. The average Bonchev–Trinajstić information content (AvgIpc) is 3.32. The van der Waals surface area contributed by atoms with Crippen molar-refractivity contribution in [3.8, 4) is 11.5 Å². The van der Waals surface area contributed by atoms with E-state index in [1.165, 1.54) is 0 Å². The van der Waals surface area contributed by atoms with Gasteiger partial charge in [-0.15, -0.1) is 11.3 Å². The monoisotopic (exact) mass is 395 g/mol. The van der Waals surface area contributed by atoms with Crippen LogP contribution < -0.4 is 10.6 Å². The number of aromatic nitrogens is 2. The van der Waals surface area contributed by atoms with Crippen molar-refractivity contribution >= 4 is 17.3 Å². The lowest BCUT2D eigenvalue weighted by atomic mass is 10.2. The van der Waals surface area contributed by atoms with Gasteiger partial charge in [-0.2, -0.15) is 13.2 Å². The summed E-state index contributed by atoms with van der Waals surface area (Å²) in [7, 11) is 1.57. The molecular weight excluding hydrogens is 379 g/mol. The largest absolute Gasteiger partial charge is 0.444 e. The van der Waals surface area contributed by atoms with Gasteiger partial charge in [0.2, 0.25) is 5.89 Å². The highest BCUT2D eigenvalue weighted by molar-refractivity contribution is 7.09. The van der Waals surface area contributed by atoms with Crippen molar-refractivity contribution in [1.82, 2.24) is 20.6 Å². The molecule has 0 fully saturated rings. The van der Waals surface area contributed by atoms with Crippen LogP contribution in [0.25, 0.3) is 11.5 Å². The molecule has 0 atom stereocenters. The number of oxazole rings is 1. The molecule has 0 saturated heterocycles. The van der Waals surface area contributed by atoms with Crippen LogP contribution in [0, 0.1) is 0 Å².